The Kier molecular flexibility index (Phi) is 8.01. The maximum Gasteiger partial charge on any atom is 0.221 e. The summed E-state index contributed by atoms with van der Waals surface area (Å²) in [5, 5.41) is 6.33. The number of carbonyl (C=O) groups excluding carboxylic acids is 1. The van der Waals surface area contributed by atoms with Crippen LogP contribution in [0.2, 0.25) is 0 Å². The summed E-state index contributed by atoms with van der Waals surface area (Å²) >= 11 is 0. The summed E-state index contributed by atoms with van der Waals surface area (Å²) in [6.45, 7) is 10.4. The van der Waals surface area contributed by atoms with Crippen LogP contribution in [0.5, 0.6) is 0 Å². The van der Waals surface area contributed by atoms with E-state index in [4.69, 9.17) is 0 Å². The summed E-state index contributed by atoms with van der Waals surface area (Å²) in [6.07, 6.45) is 4.42. The van der Waals surface area contributed by atoms with Gasteiger partial charge in [0, 0.05) is 26.1 Å². The van der Waals surface area contributed by atoms with Gasteiger partial charge in [0.25, 0.3) is 0 Å². The maximum absolute atomic E-state index is 11.5. The second kappa shape index (κ2) is 9.34. The van der Waals surface area contributed by atoms with E-state index in [1.165, 1.54) is 19.4 Å². The lowest BCUT2D eigenvalue weighted by atomic mass is 9.99. The molecule has 18 heavy (non-hydrogen) atoms. The van der Waals surface area contributed by atoms with Crippen molar-refractivity contribution in [2.75, 3.05) is 39.3 Å². The summed E-state index contributed by atoms with van der Waals surface area (Å²) < 4.78 is 0. The molecule has 0 aromatic heterocycles. The van der Waals surface area contributed by atoms with Gasteiger partial charge in [-0.05, 0) is 51.7 Å². The summed E-state index contributed by atoms with van der Waals surface area (Å²) in [6, 6.07) is 0. The minimum Gasteiger partial charge on any atom is -0.356 e. The highest BCUT2D eigenvalue weighted by Gasteiger charge is 2.17. The SMILES string of the molecule is CCCN(CCC(=O)NCC)CC1CCCNC1. The molecule has 0 bridgehead atoms. The fraction of sp³-hybridized carbons (Fsp3) is 0.929. The first-order chi connectivity index (χ1) is 8.76. The number of carbonyl (C=O) groups is 1. The lowest BCUT2D eigenvalue weighted by Crippen LogP contribution is -2.40. The summed E-state index contributed by atoms with van der Waals surface area (Å²) in [5.74, 6) is 0.944. The molecule has 1 unspecified atom stereocenters. The van der Waals surface area contributed by atoms with Crippen molar-refractivity contribution in [1.82, 2.24) is 15.5 Å². The van der Waals surface area contributed by atoms with Crippen molar-refractivity contribution < 1.29 is 4.79 Å². The van der Waals surface area contributed by atoms with Gasteiger partial charge in [-0.3, -0.25) is 4.79 Å². The standard InChI is InChI=1S/C14H29N3O/c1-3-9-17(10-7-14(18)16-4-2)12-13-6-5-8-15-11-13/h13,15H,3-12H2,1-2H3,(H,16,18). The molecule has 1 atom stereocenters. The lowest BCUT2D eigenvalue weighted by Gasteiger charge is -2.29. The zero-order chi connectivity index (χ0) is 13.2. The monoisotopic (exact) mass is 255 g/mol. The number of rotatable bonds is 8. The fourth-order valence-corrected chi connectivity index (χ4v) is 2.60. The van der Waals surface area contributed by atoms with Crippen molar-refractivity contribution in [2.45, 2.75) is 39.5 Å². The van der Waals surface area contributed by atoms with Gasteiger partial charge in [-0.25, -0.2) is 0 Å². The lowest BCUT2D eigenvalue weighted by molar-refractivity contribution is -0.121. The van der Waals surface area contributed by atoms with E-state index >= 15 is 0 Å². The van der Waals surface area contributed by atoms with E-state index in [9.17, 15) is 4.79 Å². The zero-order valence-electron chi connectivity index (χ0n) is 12.0. The topological polar surface area (TPSA) is 44.4 Å². The van der Waals surface area contributed by atoms with Crippen LogP contribution in [0.25, 0.3) is 0 Å². The number of hydrogen-bond donors (Lipinski definition) is 2. The average molecular weight is 255 g/mol. The van der Waals surface area contributed by atoms with Crippen molar-refractivity contribution in [3.63, 3.8) is 0 Å². The summed E-state index contributed by atoms with van der Waals surface area (Å²) in [5.41, 5.74) is 0. The van der Waals surface area contributed by atoms with Crippen molar-refractivity contribution in [3.8, 4) is 0 Å². The van der Waals surface area contributed by atoms with Gasteiger partial charge in [0.1, 0.15) is 0 Å². The van der Waals surface area contributed by atoms with Crippen molar-refractivity contribution in [2.24, 2.45) is 5.92 Å². The van der Waals surface area contributed by atoms with Crippen LogP contribution in [-0.4, -0.2) is 50.1 Å². The molecule has 0 aromatic rings. The summed E-state index contributed by atoms with van der Waals surface area (Å²) in [4.78, 5) is 13.9. The molecule has 0 radical (unpaired) electrons. The molecule has 1 heterocycles. The van der Waals surface area contributed by atoms with Crippen LogP contribution in [0.15, 0.2) is 0 Å². The second-order valence-corrected chi connectivity index (χ2v) is 5.22. The molecule has 0 aromatic carbocycles. The first-order valence-electron chi connectivity index (χ1n) is 7.46. The number of nitrogens with zero attached hydrogens (tertiary/aromatic N) is 1. The van der Waals surface area contributed by atoms with Gasteiger partial charge in [-0.2, -0.15) is 0 Å². The molecular formula is C14H29N3O. The molecule has 1 amide bonds. The predicted octanol–water partition coefficient (Wildman–Crippen LogP) is 1.22. The Bertz CT molecular complexity index is 227. The minimum atomic E-state index is 0.181. The highest BCUT2D eigenvalue weighted by Crippen LogP contribution is 2.12. The van der Waals surface area contributed by atoms with Gasteiger partial charge in [0.2, 0.25) is 5.91 Å². The predicted molar refractivity (Wildman–Crippen MR) is 75.6 cm³/mol. The van der Waals surface area contributed by atoms with E-state index in [1.54, 1.807) is 0 Å². The highest BCUT2D eigenvalue weighted by atomic mass is 16.1. The largest absolute Gasteiger partial charge is 0.356 e. The van der Waals surface area contributed by atoms with Crippen molar-refractivity contribution in [1.29, 1.82) is 0 Å². The van der Waals surface area contributed by atoms with Gasteiger partial charge < -0.3 is 15.5 Å². The Hall–Kier alpha value is -0.610. The number of amides is 1. The molecule has 1 fully saturated rings. The maximum atomic E-state index is 11.5. The molecule has 4 nitrogen and oxygen atoms in total. The van der Waals surface area contributed by atoms with Gasteiger partial charge in [-0.1, -0.05) is 6.92 Å². The first-order valence-corrected chi connectivity index (χ1v) is 7.46. The molecule has 1 rings (SSSR count). The van der Waals surface area contributed by atoms with Crippen LogP contribution in [0, 0.1) is 5.92 Å². The van der Waals surface area contributed by atoms with Crippen LogP contribution < -0.4 is 10.6 Å². The number of hydrogen-bond acceptors (Lipinski definition) is 3. The van der Waals surface area contributed by atoms with E-state index < -0.39 is 0 Å². The van der Waals surface area contributed by atoms with Gasteiger partial charge in [0.05, 0.1) is 0 Å². The molecule has 4 heteroatoms. The molecule has 0 aliphatic carbocycles. The van der Waals surface area contributed by atoms with E-state index in [0.29, 0.717) is 6.42 Å². The van der Waals surface area contributed by atoms with E-state index in [0.717, 1.165) is 45.1 Å². The normalized spacial score (nSPS) is 20.1. The Morgan fingerprint density at radius 2 is 2.22 bits per heavy atom. The second-order valence-electron chi connectivity index (χ2n) is 5.22. The van der Waals surface area contributed by atoms with Crippen molar-refractivity contribution in [3.05, 3.63) is 0 Å². The number of piperidine rings is 1. The third-order valence-electron chi connectivity index (χ3n) is 3.48. The molecule has 1 saturated heterocycles. The highest BCUT2D eigenvalue weighted by molar-refractivity contribution is 5.75. The minimum absolute atomic E-state index is 0.181. The molecule has 106 valence electrons. The van der Waals surface area contributed by atoms with Crippen LogP contribution in [-0.2, 0) is 4.79 Å². The third kappa shape index (κ3) is 6.36. The van der Waals surface area contributed by atoms with E-state index in [2.05, 4.69) is 22.5 Å². The Morgan fingerprint density at radius 3 is 2.83 bits per heavy atom. The van der Waals surface area contributed by atoms with E-state index in [-0.39, 0.29) is 5.91 Å². The number of nitrogens with one attached hydrogen (secondary N) is 2. The quantitative estimate of drug-likeness (QED) is 0.685. The van der Waals surface area contributed by atoms with Gasteiger partial charge in [-0.15, -0.1) is 0 Å². The van der Waals surface area contributed by atoms with Gasteiger partial charge in [0.15, 0.2) is 0 Å². The Labute approximate surface area is 111 Å². The molecule has 2 N–H and O–H groups in total. The smallest absolute Gasteiger partial charge is 0.221 e. The first kappa shape index (κ1) is 15.4. The Morgan fingerprint density at radius 1 is 1.39 bits per heavy atom. The van der Waals surface area contributed by atoms with Crippen LogP contribution in [0.1, 0.15) is 39.5 Å². The molecule has 0 saturated carbocycles. The molecule has 1 aliphatic rings. The van der Waals surface area contributed by atoms with Crippen LogP contribution in [0.3, 0.4) is 0 Å². The fourth-order valence-electron chi connectivity index (χ4n) is 2.60. The Balaban J connectivity index is 2.26. The molecular weight excluding hydrogens is 226 g/mol. The molecule has 0 spiro atoms. The average Bonchev–Trinajstić information content (AvgIpc) is 2.38. The molecule has 1 aliphatic heterocycles. The third-order valence-corrected chi connectivity index (χ3v) is 3.48. The van der Waals surface area contributed by atoms with E-state index in [1.807, 2.05) is 6.92 Å². The van der Waals surface area contributed by atoms with Crippen molar-refractivity contribution >= 4 is 5.91 Å². The van der Waals surface area contributed by atoms with Crippen LogP contribution in [0.4, 0.5) is 0 Å². The zero-order valence-corrected chi connectivity index (χ0v) is 12.0. The van der Waals surface area contributed by atoms with Crippen LogP contribution >= 0.6 is 0 Å². The van der Waals surface area contributed by atoms with Gasteiger partial charge >= 0.3 is 0 Å². The summed E-state index contributed by atoms with van der Waals surface area (Å²) in [7, 11) is 0.